The fourth-order valence-electron chi connectivity index (χ4n) is 3.37. The van der Waals surface area contributed by atoms with Crippen LogP contribution in [0.4, 0.5) is 5.69 Å². The quantitative estimate of drug-likeness (QED) is 0.538. The normalized spacial score (nSPS) is 11.0. The Bertz CT molecular complexity index is 1370. The van der Waals surface area contributed by atoms with E-state index in [1.165, 1.54) is 4.57 Å². The van der Waals surface area contributed by atoms with Gasteiger partial charge in [0.05, 0.1) is 12.1 Å². The number of carbonyl (C=O) groups excluding carboxylic acids is 1. The Morgan fingerprint density at radius 1 is 1.07 bits per heavy atom. The first-order chi connectivity index (χ1) is 14.4. The second kappa shape index (κ2) is 8.08. The van der Waals surface area contributed by atoms with Crippen molar-refractivity contribution in [1.29, 1.82) is 0 Å². The fraction of sp³-hybridized carbons (Fsp3) is 0.182. The summed E-state index contributed by atoms with van der Waals surface area (Å²) in [5, 5.41) is 4.45. The van der Waals surface area contributed by atoms with Gasteiger partial charge in [0.2, 0.25) is 5.91 Å². The molecule has 0 aliphatic heterocycles. The van der Waals surface area contributed by atoms with Gasteiger partial charge in [0.25, 0.3) is 5.56 Å². The van der Waals surface area contributed by atoms with Crippen LogP contribution < -0.4 is 16.6 Å². The average Bonchev–Trinajstić information content (AvgIpc) is 3.20. The molecule has 7 nitrogen and oxygen atoms in total. The third-order valence-electron chi connectivity index (χ3n) is 4.90. The van der Waals surface area contributed by atoms with Gasteiger partial charge in [0.15, 0.2) is 5.52 Å². The average molecular weight is 420 g/mol. The summed E-state index contributed by atoms with van der Waals surface area (Å²) < 4.78 is 6.61. The van der Waals surface area contributed by atoms with Gasteiger partial charge in [-0.3, -0.25) is 18.7 Å². The van der Waals surface area contributed by atoms with Gasteiger partial charge in [0, 0.05) is 11.1 Å². The molecular weight excluding hydrogens is 400 g/mol. The monoisotopic (exact) mass is 420 g/mol. The van der Waals surface area contributed by atoms with Crippen LogP contribution in [0.3, 0.4) is 0 Å². The number of carbonyl (C=O) groups is 1. The van der Waals surface area contributed by atoms with Gasteiger partial charge in [0.1, 0.15) is 6.54 Å². The van der Waals surface area contributed by atoms with E-state index in [4.69, 9.17) is 0 Å². The van der Waals surface area contributed by atoms with Crippen LogP contribution in [0.25, 0.3) is 11.0 Å². The summed E-state index contributed by atoms with van der Waals surface area (Å²) >= 11 is 1.09. The van der Waals surface area contributed by atoms with Crippen LogP contribution in [0.5, 0.6) is 0 Å². The molecule has 4 rings (SSSR count). The van der Waals surface area contributed by atoms with Crippen LogP contribution in [-0.4, -0.2) is 19.4 Å². The third-order valence-corrected chi connectivity index (χ3v) is 5.51. The van der Waals surface area contributed by atoms with Crippen LogP contribution in [0.2, 0.25) is 0 Å². The summed E-state index contributed by atoms with van der Waals surface area (Å²) in [6, 6.07) is 15.0. The van der Waals surface area contributed by atoms with E-state index in [0.29, 0.717) is 11.2 Å². The molecule has 0 aliphatic rings. The maximum Gasteiger partial charge on any atom is 0.332 e. The zero-order valence-corrected chi connectivity index (χ0v) is 17.4. The van der Waals surface area contributed by atoms with Crippen molar-refractivity contribution in [3.05, 3.63) is 91.4 Å². The van der Waals surface area contributed by atoms with Gasteiger partial charge < -0.3 is 5.32 Å². The zero-order valence-electron chi connectivity index (χ0n) is 16.6. The third kappa shape index (κ3) is 3.81. The molecule has 0 radical (unpaired) electrons. The molecule has 0 spiro atoms. The number of hydrogen-bond donors (Lipinski definition) is 1. The van der Waals surface area contributed by atoms with Crippen molar-refractivity contribution in [3.63, 3.8) is 0 Å². The number of nitrogens with zero attached hydrogens (tertiary/aromatic N) is 3. The molecule has 0 atom stereocenters. The lowest BCUT2D eigenvalue weighted by molar-refractivity contribution is -0.116. The molecule has 8 heteroatoms. The number of rotatable bonds is 5. The van der Waals surface area contributed by atoms with E-state index in [1.807, 2.05) is 56.3 Å². The van der Waals surface area contributed by atoms with Crippen molar-refractivity contribution in [2.24, 2.45) is 0 Å². The lowest BCUT2D eigenvalue weighted by Gasteiger charge is -2.13. The molecule has 2 aromatic carbocycles. The second-order valence-corrected chi connectivity index (χ2v) is 7.79. The van der Waals surface area contributed by atoms with Gasteiger partial charge in [-0.2, -0.15) is 4.37 Å². The van der Waals surface area contributed by atoms with E-state index >= 15 is 0 Å². The Labute approximate surface area is 176 Å². The fourth-order valence-corrected chi connectivity index (χ4v) is 4.04. The number of fused-ring (bicyclic) bond motifs is 1. The zero-order chi connectivity index (χ0) is 21.3. The Morgan fingerprint density at radius 2 is 1.87 bits per heavy atom. The predicted molar refractivity (Wildman–Crippen MR) is 118 cm³/mol. The van der Waals surface area contributed by atoms with Crippen LogP contribution in [0.15, 0.2) is 63.5 Å². The molecule has 152 valence electrons. The van der Waals surface area contributed by atoms with Crippen LogP contribution in [0.1, 0.15) is 16.7 Å². The smallest absolute Gasteiger partial charge is 0.324 e. The largest absolute Gasteiger partial charge is 0.332 e. The Morgan fingerprint density at radius 3 is 2.63 bits per heavy atom. The van der Waals surface area contributed by atoms with Gasteiger partial charge in [-0.25, -0.2) is 4.79 Å². The summed E-state index contributed by atoms with van der Waals surface area (Å²) in [7, 11) is 0. The molecule has 1 amide bonds. The SMILES string of the molecule is Cc1cccc(Cn2c(=O)c3nscc3n(CC(=O)Nc3ccccc3C)c2=O)c1. The standard InChI is InChI=1S/C22H20N4O3S/c1-14-6-5-8-16(10-14)11-26-21(28)20-18(13-30-24-20)25(22(26)29)12-19(27)23-17-9-4-3-7-15(17)2/h3-10,13H,11-12H2,1-2H3,(H,23,27). The molecular formula is C22H20N4O3S. The Kier molecular flexibility index (Phi) is 5.33. The summed E-state index contributed by atoms with van der Waals surface area (Å²) in [6.07, 6.45) is 0. The lowest BCUT2D eigenvalue weighted by atomic mass is 10.1. The highest BCUT2D eigenvalue weighted by atomic mass is 32.1. The molecule has 2 aromatic heterocycles. The highest BCUT2D eigenvalue weighted by Crippen LogP contribution is 2.14. The number of hydrogen-bond acceptors (Lipinski definition) is 5. The minimum absolute atomic E-state index is 0.117. The van der Waals surface area contributed by atoms with Crippen molar-refractivity contribution in [1.82, 2.24) is 13.5 Å². The highest BCUT2D eigenvalue weighted by molar-refractivity contribution is 7.04. The molecule has 1 N–H and O–H groups in total. The first kappa shape index (κ1) is 19.8. The maximum absolute atomic E-state index is 13.2. The number of amides is 1. The van der Waals surface area contributed by atoms with Gasteiger partial charge in [-0.05, 0) is 42.6 Å². The molecule has 2 heterocycles. The van der Waals surface area contributed by atoms with Gasteiger partial charge in [-0.15, -0.1) is 0 Å². The summed E-state index contributed by atoms with van der Waals surface area (Å²) in [6.45, 7) is 3.75. The van der Waals surface area contributed by atoms with E-state index in [1.54, 1.807) is 11.4 Å². The molecule has 0 bridgehead atoms. The minimum Gasteiger partial charge on any atom is -0.324 e. The van der Waals surface area contributed by atoms with Crippen molar-refractivity contribution in [2.75, 3.05) is 5.32 Å². The Balaban J connectivity index is 1.73. The minimum atomic E-state index is -0.533. The van der Waals surface area contributed by atoms with Crippen molar-refractivity contribution in [2.45, 2.75) is 26.9 Å². The molecule has 0 fully saturated rings. The van der Waals surface area contributed by atoms with Crippen molar-refractivity contribution < 1.29 is 4.79 Å². The number of anilines is 1. The number of aryl methyl sites for hydroxylation is 2. The molecule has 0 unspecified atom stereocenters. The number of para-hydroxylation sites is 1. The molecule has 30 heavy (non-hydrogen) atoms. The maximum atomic E-state index is 13.2. The highest BCUT2D eigenvalue weighted by Gasteiger charge is 2.18. The van der Waals surface area contributed by atoms with E-state index in [-0.39, 0.29) is 24.5 Å². The van der Waals surface area contributed by atoms with Gasteiger partial charge in [-0.1, -0.05) is 48.0 Å². The lowest BCUT2D eigenvalue weighted by Crippen LogP contribution is -2.41. The van der Waals surface area contributed by atoms with Gasteiger partial charge >= 0.3 is 5.69 Å². The van der Waals surface area contributed by atoms with Crippen molar-refractivity contribution >= 4 is 34.2 Å². The van der Waals surface area contributed by atoms with E-state index in [9.17, 15) is 14.4 Å². The summed E-state index contributed by atoms with van der Waals surface area (Å²) in [5.74, 6) is -0.348. The molecule has 0 saturated carbocycles. The molecule has 0 aliphatic carbocycles. The van der Waals surface area contributed by atoms with Crippen LogP contribution in [-0.2, 0) is 17.9 Å². The number of benzene rings is 2. The first-order valence-electron chi connectivity index (χ1n) is 9.43. The summed E-state index contributed by atoms with van der Waals surface area (Å²) in [5.41, 5.74) is 3.05. The van der Waals surface area contributed by atoms with Crippen molar-refractivity contribution in [3.8, 4) is 0 Å². The number of nitrogens with one attached hydrogen (secondary N) is 1. The second-order valence-electron chi connectivity index (χ2n) is 7.16. The summed E-state index contributed by atoms with van der Waals surface area (Å²) in [4.78, 5) is 38.7. The number of aromatic nitrogens is 3. The van der Waals surface area contributed by atoms with E-state index < -0.39 is 11.2 Å². The first-order valence-corrected chi connectivity index (χ1v) is 10.3. The molecule has 4 aromatic rings. The van der Waals surface area contributed by atoms with Crippen LogP contribution in [0, 0.1) is 13.8 Å². The van der Waals surface area contributed by atoms with E-state index in [0.717, 1.165) is 32.8 Å². The molecule has 0 saturated heterocycles. The predicted octanol–water partition coefficient (Wildman–Crippen LogP) is 2.92. The Hall–Kier alpha value is -3.52. The van der Waals surface area contributed by atoms with E-state index in [2.05, 4.69) is 9.69 Å². The van der Waals surface area contributed by atoms with Crippen LogP contribution >= 0.6 is 11.5 Å². The topological polar surface area (TPSA) is 86.0 Å².